The first-order chi connectivity index (χ1) is 13.7. The molecule has 2 fully saturated rings. The summed E-state index contributed by atoms with van der Waals surface area (Å²) < 4.78 is 10.9. The zero-order valence-electron chi connectivity index (χ0n) is 16.2. The minimum absolute atomic E-state index is 0.0671. The number of carbonyl (C=O) groups is 1. The fourth-order valence-corrected chi connectivity index (χ4v) is 4.67. The van der Waals surface area contributed by atoms with Crippen molar-refractivity contribution in [2.45, 2.75) is 32.4 Å². The maximum Gasteiger partial charge on any atom is 0.329 e. The summed E-state index contributed by atoms with van der Waals surface area (Å²) in [4.78, 5) is 23.9. The molecule has 1 aromatic rings. The maximum absolute atomic E-state index is 12.7. The van der Waals surface area contributed by atoms with Crippen LogP contribution in [0.25, 0.3) is 0 Å². The van der Waals surface area contributed by atoms with Crippen LogP contribution >= 0.6 is 0 Å². The highest BCUT2D eigenvalue weighted by Gasteiger charge is 2.40. The monoisotopic (exact) mass is 385 g/mol. The van der Waals surface area contributed by atoms with Gasteiger partial charge in [-0.2, -0.15) is 0 Å². The van der Waals surface area contributed by atoms with Crippen molar-refractivity contribution in [3.05, 3.63) is 36.2 Å². The summed E-state index contributed by atoms with van der Waals surface area (Å²) in [6, 6.07) is 4.28. The molecule has 0 radical (unpaired) electrons. The van der Waals surface area contributed by atoms with Crippen LogP contribution in [0.4, 0.5) is 4.79 Å². The molecule has 4 aliphatic rings. The molecule has 5 heterocycles. The summed E-state index contributed by atoms with van der Waals surface area (Å²) >= 11 is 0. The third kappa shape index (κ3) is 3.31. The van der Waals surface area contributed by atoms with Crippen LogP contribution in [0.5, 0.6) is 0 Å². The highest BCUT2D eigenvalue weighted by atomic mass is 16.5. The number of amidine groups is 1. The first-order valence-corrected chi connectivity index (χ1v) is 10.1. The van der Waals surface area contributed by atoms with E-state index >= 15 is 0 Å². The Morgan fingerprint density at radius 2 is 2.14 bits per heavy atom. The molecule has 1 N–H and O–H groups in total. The molecule has 2 amide bonds. The van der Waals surface area contributed by atoms with E-state index < -0.39 is 0 Å². The molecule has 8 heteroatoms. The average molecular weight is 385 g/mol. The number of ether oxygens (including phenoxy) is 1. The molecule has 2 unspecified atom stereocenters. The van der Waals surface area contributed by atoms with Crippen molar-refractivity contribution < 1.29 is 13.9 Å². The number of nitrogens with one attached hydrogen (secondary N) is 1. The number of hydrogen-bond donors (Lipinski definition) is 1. The Bertz CT molecular complexity index is 784. The zero-order chi connectivity index (χ0) is 19.1. The Labute approximate surface area is 164 Å². The van der Waals surface area contributed by atoms with Crippen molar-refractivity contribution in [2.24, 2.45) is 16.8 Å². The number of nitrogens with zero attached hydrogens (tertiary/aromatic N) is 4. The van der Waals surface area contributed by atoms with E-state index in [0.29, 0.717) is 18.6 Å². The molecule has 8 nitrogen and oxygen atoms in total. The summed E-state index contributed by atoms with van der Waals surface area (Å²) in [6.45, 7) is 7.02. The number of rotatable bonds is 4. The van der Waals surface area contributed by atoms with Crippen molar-refractivity contribution in [3.8, 4) is 0 Å². The van der Waals surface area contributed by atoms with Crippen LogP contribution in [-0.4, -0.2) is 65.6 Å². The number of furan rings is 1. The lowest BCUT2D eigenvalue weighted by Crippen LogP contribution is -2.50. The van der Waals surface area contributed by atoms with Gasteiger partial charge in [-0.15, -0.1) is 0 Å². The van der Waals surface area contributed by atoms with Crippen molar-refractivity contribution in [3.63, 3.8) is 0 Å². The molecule has 0 spiro atoms. The summed E-state index contributed by atoms with van der Waals surface area (Å²) in [5.74, 6) is 3.19. The summed E-state index contributed by atoms with van der Waals surface area (Å²) in [6.07, 6.45) is 5.76. The van der Waals surface area contributed by atoms with Gasteiger partial charge in [-0.25, -0.2) is 9.79 Å². The van der Waals surface area contributed by atoms with Crippen LogP contribution in [0.3, 0.4) is 0 Å². The molecule has 5 rings (SSSR count). The number of urea groups is 1. The number of fused-ring (bicyclic) bond motifs is 1. The van der Waals surface area contributed by atoms with Gasteiger partial charge in [0.1, 0.15) is 18.3 Å². The predicted molar refractivity (Wildman–Crippen MR) is 103 cm³/mol. The topological polar surface area (TPSA) is 73.6 Å². The Kier molecular flexibility index (Phi) is 4.60. The van der Waals surface area contributed by atoms with Crippen molar-refractivity contribution >= 4 is 11.9 Å². The van der Waals surface area contributed by atoms with E-state index in [0.717, 1.165) is 63.1 Å². The van der Waals surface area contributed by atoms with Gasteiger partial charge >= 0.3 is 6.03 Å². The van der Waals surface area contributed by atoms with E-state index in [1.165, 1.54) is 0 Å². The van der Waals surface area contributed by atoms with Gasteiger partial charge in [0.25, 0.3) is 0 Å². The van der Waals surface area contributed by atoms with Gasteiger partial charge in [0.15, 0.2) is 5.82 Å². The van der Waals surface area contributed by atoms with Crippen LogP contribution in [0.1, 0.15) is 25.5 Å². The van der Waals surface area contributed by atoms with E-state index in [2.05, 4.69) is 28.2 Å². The molecule has 0 aromatic carbocycles. The highest BCUT2D eigenvalue weighted by molar-refractivity contribution is 6.02. The average Bonchev–Trinajstić information content (AvgIpc) is 3.43. The summed E-state index contributed by atoms with van der Waals surface area (Å²) in [7, 11) is 0. The third-order valence-electron chi connectivity index (χ3n) is 6.24. The quantitative estimate of drug-likeness (QED) is 0.858. The molecular weight excluding hydrogens is 358 g/mol. The van der Waals surface area contributed by atoms with Gasteiger partial charge in [-0.3, -0.25) is 15.1 Å². The van der Waals surface area contributed by atoms with Gasteiger partial charge in [0.2, 0.25) is 0 Å². The van der Waals surface area contributed by atoms with Crippen LogP contribution in [0.2, 0.25) is 0 Å². The molecule has 0 saturated carbocycles. The smallest absolute Gasteiger partial charge is 0.329 e. The van der Waals surface area contributed by atoms with Gasteiger partial charge in [-0.1, -0.05) is 6.92 Å². The highest BCUT2D eigenvalue weighted by Crippen LogP contribution is 2.30. The van der Waals surface area contributed by atoms with Crippen LogP contribution < -0.4 is 5.32 Å². The zero-order valence-corrected chi connectivity index (χ0v) is 16.2. The standard InChI is InChI=1S/C20H27N5O3/c1-14-9-23(10-16-3-2-6-28-16)11-17(14)19-21-18-12-24(13-25(18)20(26)22-19)15-4-7-27-8-5-15/h2-3,6,12,14-15,17H,4-5,7-11,13H2,1H3,(H,21,22,26). The second-order valence-corrected chi connectivity index (χ2v) is 8.20. The van der Waals surface area contributed by atoms with Crippen LogP contribution in [0.15, 0.2) is 39.8 Å². The van der Waals surface area contributed by atoms with Gasteiger partial charge in [0.05, 0.1) is 12.8 Å². The number of amides is 2. The Balaban J connectivity index is 1.30. The molecule has 0 bridgehead atoms. The summed E-state index contributed by atoms with van der Waals surface area (Å²) in [5.41, 5.74) is 0. The molecule has 4 aliphatic heterocycles. The second kappa shape index (κ2) is 7.25. The number of aliphatic imine (C=N–C) groups is 1. The molecule has 2 atom stereocenters. The third-order valence-corrected chi connectivity index (χ3v) is 6.24. The lowest BCUT2D eigenvalue weighted by Gasteiger charge is -2.32. The SMILES string of the molecule is CC1CN(Cc2ccco2)CC1C1=NC2=CN(C3CCOCC3)CN2C(=O)N1. The Hall–Kier alpha value is -2.32. The first kappa shape index (κ1) is 17.8. The lowest BCUT2D eigenvalue weighted by atomic mass is 9.96. The molecule has 0 aliphatic carbocycles. The number of hydrogen-bond acceptors (Lipinski definition) is 6. The Morgan fingerprint density at radius 3 is 2.93 bits per heavy atom. The molecule has 2 saturated heterocycles. The maximum atomic E-state index is 12.7. The predicted octanol–water partition coefficient (Wildman–Crippen LogP) is 2.02. The fourth-order valence-electron chi connectivity index (χ4n) is 4.67. The van der Waals surface area contributed by atoms with Crippen molar-refractivity contribution in [2.75, 3.05) is 33.0 Å². The summed E-state index contributed by atoms with van der Waals surface area (Å²) in [5, 5.41) is 3.06. The Morgan fingerprint density at radius 1 is 1.29 bits per heavy atom. The van der Waals surface area contributed by atoms with E-state index in [4.69, 9.17) is 14.1 Å². The van der Waals surface area contributed by atoms with E-state index in [-0.39, 0.29) is 11.9 Å². The van der Waals surface area contributed by atoms with Gasteiger partial charge in [0, 0.05) is 44.5 Å². The second-order valence-electron chi connectivity index (χ2n) is 8.20. The van der Waals surface area contributed by atoms with Crippen LogP contribution in [0, 0.1) is 11.8 Å². The van der Waals surface area contributed by atoms with E-state index in [1.807, 2.05) is 12.1 Å². The van der Waals surface area contributed by atoms with Crippen molar-refractivity contribution in [1.29, 1.82) is 0 Å². The van der Waals surface area contributed by atoms with Gasteiger partial charge < -0.3 is 14.1 Å². The van der Waals surface area contributed by atoms with Crippen LogP contribution in [-0.2, 0) is 11.3 Å². The van der Waals surface area contributed by atoms with E-state index in [9.17, 15) is 4.79 Å². The number of likely N-dealkylation sites (tertiary alicyclic amines) is 1. The minimum atomic E-state index is -0.0671. The number of carbonyl (C=O) groups excluding carboxylic acids is 1. The first-order valence-electron chi connectivity index (χ1n) is 10.1. The lowest BCUT2D eigenvalue weighted by molar-refractivity contribution is 0.0459. The molecular formula is C20H27N5O3. The molecule has 150 valence electrons. The van der Waals surface area contributed by atoms with E-state index in [1.54, 1.807) is 11.2 Å². The minimum Gasteiger partial charge on any atom is -0.468 e. The molecule has 28 heavy (non-hydrogen) atoms. The van der Waals surface area contributed by atoms with Gasteiger partial charge in [-0.05, 0) is 30.9 Å². The normalized spacial score (nSPS) is 29.0. The molecule has 1 aromatic heterocycles. The largest absolute Gasteiger partial charge is 0.468 e. The fraction of sp³-hybridized carbons (Fsp3) is 0.600. The van der Waals surface area contributed by atoms with Crippen molar-refractivity contribution in [1.82, 2.24) is 20.0 Å².